The highest BCUT2D eigenvalue weighted by atomic mass is 35.5. The van der Waals surface area contributed by atoms with E-state index < -0.39 is 0 Å². The quantitative estimate of drug-likeness (QED) is 0.893. The minimum atomic E-state index is 0.341. The Bertz CT molecular complexity index is 567. The normalized spacial score (nSPS) is 19.2. The fraction of sp³-hybridized carbons (Fsp3) is 0.250. The van der Waals surface area contributed by atoms with Crippen molar-refractivity contribution >= 4 is 23.4 Å². The first kappa shape index (κ1) is 13.0. The van der Waals surface area contributed by atoms with Crippen LogP contribution in [0.5, 0.6) is 0 Å². The van der Waals surface area contributed by atoms with Crippen LogP contribution in [0.4, 0.5) is 0 Å². The molecule has 0 aliphatic carbocycles. The maximum atomic E-state index is 5.98. The fourth-order valence-corrected chi connectivity index (χ4v) is 4.15. The van der Waals surface area contributed by atoms with Gasteiger partial charge in [-0.25, -0.2) is 0 Å². The topological polar surface area (TPSA) is 12.0 Å². The Labute approximate surface area is 123 Å². The Morgan fingerprint density at radius 3 is 2.63 bits per heavy atom. The summed E-state index contributed by atoms with van der Waals surface area (Å²) in [5.41, 5.74) is 2.76. The molecule has 19 heavy (non-hydrogen) atoms. The number of fused-ring (bicyclic) bond motifs is 1. The van der Waals surface area contributed by atoms with Gasteiger partial charge in [0.25, 0.3) is 0 Å². The number of nitrogens with one attached hydrogen (secondary N) is 1. The average Bonchev–Trinajstić information content (AvgIpc) is 2.86. The molecule has 0 amide bonds. The number of benzene rings is 2. The predicted molar refractivity (Wildman–Crippen MR) is 83.2 cm³/mol. The molecule has 1 heterocycles. The van der Waals surface area contributed by atoms with E-state index in [2.05, 4.69) is 41.7 Å². The first-order valence-electron chi connectivity index (χ1n) is 6.44. The minimum absolute atomic E-state index is 0.341. The van der Waals surface area contributed by atoms with Gasteiger partial charge in [0, 0.05) is 27.6 Å². The average molecular weight is 290 g/mol. The van der Waals surface area contributed by atoms with Gasteiger partial charge < -0.3 is 5.32 Å². The van der Waals surface area contributed by atoms with Crippen molar-refractivity contribution < 1.29 is 0 Å². The van der Waals surface area contributed by atoms with E-state index in [-0.39, 0.29) is 0 Å². The predicted octanol–water partition coefficient (Wildman–Crippen LogP) is 4.49. The maximum absolute atomic E-state index is 5.98. The Morgan fingerprint density at radius 2 is 1.89 bits per heavy atom. The third-order valence-corrected chi connectivity index (χ3v) is 5.14. The van der Waals surface area contributed by atoms with E-state index in [1.165, 1.54) is 16.0 Å². The van der Waals surface area contributed by atoms with E-state index in [9.17, 15) is 0 Å². The molecule has 1 aliphatic heterocycles. The summed E-state index contributed by atoms with van der Waals surface area (Å²) in [7, 11) is 2.03. The van der Waals surface area contributed by atoms with Gasteiger partial charge in [-0.2, -0.15) is 0 Å². The van der Waals surface area contributed by atoms with E-state index in [1.54, 1.807) is 0 Å². The van der Waals surface area contributed by atoms with Crippen molar-refractivity contribution in [2.75, 3.05) is 12.8 Å². The van der Waals surface area contributed by atoms with Gasteiger partial charge in [-0.15, -0.1) is 11.8 Å². The smallest absolute Gasteiger partial charge is 0.0406 e. The van der Waals surface area contributed by atoms with Gasteiger partial charge in [-0.05, 0) is 36.4 Å². The first-order valence-corrected chi connectivity index (χ1v) is 7.80. The molecular formula is C16H16ClNS. The van der Waals surface area contributed by atoms with Crippen LogP contribution in [0.1, 0.15) is 23.1 Å². The van der Waals surface area contributed by atoms with E-state index in [0.717, 1.165) is 10.8 Å². The van der Waals surface area contributed by atoms with Gasteiger partial charge in [-0.1, -0.05) is 41.9 Å². The van der Waals surface area contributed by atoms with Gasteiger partial charge in [0.2, 0.25) is 0 Å². The Morgan fingerprint density at radius 1 is 1.16 bits per heavy atom. The summed E-state index contributed by atoms with van der Waals surface area (Å²) in [6.07, 6.45) is 0. The lowest BCUT2D eigenvalue weighted by atomic mass is 9.89. The largest absolute Gasteiger partial charge is 0.312 e. The highest BCUT2D eigenvalue weighted by Crippen LogP contribution is 2.45. The summed E-state index contributed by atoms with van der Waals surface area (Å²) in [6, 6.07) is 17.2. The summed E-state index contributed by atoms with van der Waals surface area (Å²) in [5.74, 6) is 1.65. The van der Waals surface area contributed by atoms with Crippen molar-refractivity contribution in [2.24, 2.45) is 0 Å². The van der Waals surface area contributed by atoms with Crippen molar-refractivity contribution in [3.05, 3.63) is 64.7 Å². The monoisotopic (exact) mass is 289 g/mol. The Balaban J connectivity index is 1.94. The van der Waals surface area contributed by atoms with E-state index in [4.69, 9.17) is 11.6 Å². The lowest BCUT2D eigenvalue weighted by Crippen LogP contribution is -2.23. The molecule has 3 heteroatoms. The van der Waals surface area contributed by atoms with Gasteiger partial charge in [0.15, 0.2) is 0 Å². The number of thioether (sulfide) groups is 1. The van der Waals surface area contributed by atoms with Gasteiger partial charge in [0.05, 0.1) is 0 Å². The molecule has 2 atom stereocenters. The Hall–Kier alpha value is -0.960. The van der Waals surface area contributed by atoms with Crippen LogP contribution in [0.3, 0.4) is 0 Å². The molecule has 98 valence electrons. The summed E-state index contributed by atoms with van der Waals surface area (Å²) in [5, 5.41) is 4.26. The van der Waals surface area contributed by atoms with Crippen LogP contribution < -0.4 is 5.32 Å². The number of hydrogen-bond acceptors (Lipinski definition) is 2. The number of rotatable bonds is 3. The van der Waals surface area contributed by atoms with E-state index >= 15 is 0 Å². The van der Waals surface area contributed by atoms with Crippen LogP contribution in [0.25, 0.3) is 0 Å². The highest BCUT2D eigenvalue weighted by molar-refractivity contribution is 7.99. The molecule has 0 radical (unpaired) electrons. The third-order valence-electron chi connectivity index (χ3n) is 3.68. The van der Waals surface area contributed by atoms with Crippen molar-refractivity contribution in [3.8, 4) is 0 Å². The van der Waals surface area contributed by atoms with Gasteiger partial charge in [0.1, 0.15) is 0 Å². The fourth-order valence-electron chi connectivity index (χ4n) is 2.73. The van der Waals surface area contributed by atoms with E-state index in [1.807, 2.05) is 30.9 Å². The van der Waals surface area contributed by atoms with Crippen LogP contribution in [0.15, 0.2) is 53.4 Å². The second kappa shape index (κ2) is 5.58. The summed E-state index contributed by atoms with van der Waals surface area (Å²) in [6.45, 7) is 0. The second-order valence-corrected chi connectivity index (χ2v) is 6.27. The minimum Gasteiger partial charge on any atom is -0.312 e. The van der Waals surface area contributed by atoms with Crippen molar-refractivity contribution in [1.29, 1.82) is 0 Å². The zero-order valence-electron chi connectivity index (χ0n) is 10.8. The molecule has 2 aromatic carbocycles. The first-order chi connectivity index (χ1) is 9.29. The van der Waals surface area contributed by atoms with Crippen LogP contribution in [0, 0.1) is 0 Å². The molecule has 2 unspecified atom stereocenters. The molecule has 1 aliphatic rings. The van der Waals surface area contributed by atoms with Crippen LogP contribution in [0.2, 0.25) is 5.02 Å². The van der Waals surface area contributed by atoms with E-state index in [0.29, 0.717) is 12.0 Å². The zero-order valence-corrected chi connectivity index (χ0v) is 12.3. The van der Waals surface area contributed by atoms with Crippen LogP contribution in [-0.2, 0) is 0 Å². The molecular weight excluding hydrogens is 274 g/mol. The highest BCUT2D eigenvalue weighted by Gasteiger charge is 2.30. The van der Waals surface area contributed by atoms with Crippen molar-refractivity contribution in [2.45, 2.75) is 16.9 Å². The molecule has 2 aromatic rings. The number of hydrogen-bond donors (Lipinski definition) is 1. The molecule has 0 saturated heterocycles. The lowest BCUT2D eigenvalue weighted by Gasteiger charge is -2.24. The summed E-state index contributed by atoms with van der Waals surface area (Å²) >= 11 is 7.93. The molecule has 1 N–H and O–H groups in total. The zero-order chi connectivity index (χ0) is 13.2. The SMILES string of the molecule is CNC(c1ccc(Cl)cc1)C1CSc2ccccc21. The van der Waals surface area contributed by atoms with Crippen molar-refractivity contribution in [3.63, 3.8) is 0 Å². The molecule has 1 nitrogen and oxygen atoms in total. The van der Waals surface area contributed by atoms with Gasteiger partial charge >= 0.3 is 0 Å². The van der Waals surface area contributed by atoms with Crippen molar-refractivity contribution in [1.82, 2.24) is 5.32 Å². The molecule has 0 saturated carbocycles. The maximum Gasteiger partial charge on any atom is 0.0406 e. The standard InChI is InChI=1S/C16H16ClNS/c1-18-16(11-6-8-12(17)9-7-11)14-10-19-15-5-3-2-4-13(14)15/h2-9,14,16,18H,10H2,1H3. The summed E-state index contributed by atoms with van der Waals surface area (Å²) in [4.78, 5) is 1.42. The number of halogens is 1. The Kier molecular flexibility index (Phi) is 3.83. The molecule has 0 fully saturated rings. The lowest BCUT2D eigenvalue weighted by molar-refractivity contribution is 0.514. The van der Waals surface area contributed by atoms with Crippen LogP contribution in [-0.4, -0.2) is 12.8 Å². The third kappa shape index (κ3) is 2.53. The van der Waals surface area contributed by atoms with Gasteiger partial charge in [-0.3, -0.25) is 0 Å². The second-order valence-electron chi connectivity index (χ2n) is 4.77. The summed E-state index contributed by atoms with van der Waals surface area (Å²) < 4.78 is 0. The molecule has 0 bridgehead atoms. The number of likely N-dealkylation sites (N-methyl/N-ethyl adjacent to an activating group) is 1. The molecule has 0 spiro atoms. The molecule has 0 aromatic heterocycles. The van der Waals surface area contributed by atoms with Crippen LogP contribution >= 0.6 is 23.4 Å². The molecule has 3 rings (SSSR count).